The lowest BCUT2D eigenvalue weighted by Crippen LogP contribution is -2.26. The molecule has 7 nitrogen and oxygen atoms in total. The molecule has 0 fully saturated rings. The van der Waals surface area contributed by atoms with Gasteiger partial charge >= 0.3 is 0 Å². The number of para-hydroxylation sites is 1. The summed E-state index contributed by atoms with van der Waals surface area (Å²) in [5, 5.41) is 6.39. The number of hydrogen-bond acceptors (Lipinski definition) is 6. The maximum Gasteiger partial charge on any atom is 0.262 e. The van der Waals surface area contributed by atoms with E-state index in [0.717, 1.165) is 5.56 Å². The molecule has 1 atom stereocenters. The van der Waals surface area contributed by atoms with Gasteiger partial charge in [-0.25, -0.2) is 15.0 Å². The highest BCUT2D eigenvalue weighted by Gasteiger charge is 2.37. The van der Waals surface area contributed by atoms with Gasteiger partial charge in [-0.15, -0.1) is 0 Å². The quantitative estimate of drug-likeness (QED) is 0.361. The average molecular weight is 512 g/mol. The first-order chi connectivity index (χ1) is 16.2. The Hall–Kier alpha value is -3.26. The molecule has 1 unspecified atom stereocenters. The predicted octanol–water partition coefficient (Wildman–Crippen LogP) is 5.61. The van der Waals surface area contributed by atoms with Crippen LogP contribution < -0.4 is 10.7 Å². The third-order valence-corrected chi connectivity index (χ3v) is 5.99. The van der Waals surface area contributed by atoms with Crippen molar-refractivity contribution >= 4 is 69.0 Å². The minimum atomic E-state index is -1.89. The van der Waals surface area contributed by atoms with E-state index in [2.05, 4.69) is 20.1 Å². The summed E-state index contributed by atoms with van der Waals surface area (Å²) in [7, 11) is 0. The fourth-order valence-electron chi connectivity index (χ4n) is 3.96. The second-order valence-electron chi connectivity index (χ2n) is 7.75. The van der Waals surface area contributed by atoms with Crippen LogP contribution in [0.3, 0.4) is 0 Å². The van der Waals surface area contributed by atoms with E-state index in [4.69, 9.17) is 40.5 Å². The molecule has 5 rings (SSSR count). The first-order valence-electron chi connectivity index (χ1n) is 10.3. The second kappa shape index (κ2) is 8.51. The lowest BCUT2D eigenvalue weighted by molar-refractivity contribution is -0.118. The Morgan fingerprint density at radius 1 is 0.941 bits per heavy atom. The average Bonchev–Trinajstić information content (AvgIpc) is 3.12. The van der Waals surface area contributed by atoms with Crippen LogP contribution in [0.25, 0.3) is 22.2 Å². The third-order valence-electron chi connectivity index (χ3n) is 5.48. The molecule has 2 N–H and O–H groups in total. The zero-order valence-corrected chi connectivity index (χ0v) is 20.1. The van der Waals surface area contributed by atoms with Crippen molar-refractivity contribution in [1.82, 2.24) is 15.0 Å². The summed E-state index contributed by atoms with van der Waals surface area (Å²) in [6, 6.07) is 20.6. The number of rotatable bonds is 3. The first kappa shape index (κ1) is 22.5. The van der Waals surface area contributed by atoms with E-state index in [1.54, 1.807) is 6.92 Å². The fourth-order valence-corrected chi connectivity index (χ4v) is 4.21. The predicted molar refractivity (Wildman–Crippen MR) is 136 cm³/mol. The molecule has 2 aromatic heterocycles. The number of anilines is 2. The minimum absolute atomic E-state index is 0.0970. The highest BCUT2D eigenvalue weighted by Crippen LogP contribution is 2.40. The smallest absolute Gasteiger partial charge is 0.262 e. The third kappa shape index (κ3) is 3.96. The van der Waals surface area contributed by atoms with Crippen LogP contribution in [0.5, 0.6) is 0 Å². The number of hydrazone groups is 1. The Labute approximate surface area is 210 Å². The summed E-state index contributed by atoms with van der Waals surface area (Å²) in [5.41, 5.74) is 9.81. The van der Waals surface area contributed by atoms with Crippen LogP contribution in [-0.4, -0.2) is 26.6 Å². The van der Waals surface area contributed by atoms with Crippen molar-refractivity contribution < 1.29 is 4.79 Å². The number of nitrogens with two attached hydrogens (primary N) is 1. The Kier molecular flexibility index (Phi) is 5.64. The number of nitrogen functional groups attached to an aromatic ring is 1. The van der Waals surface area contributed by atoms with Crippen molar-refractivity contribution in [1.29, 1.82) is 0 Å². The molecule has 1 aliphatic rings. The van der Waals surface area contributed by atoms with Crippen LogP contribution in [-0.2, 0) is 8.59 Å². The van der Waals surface area contributed by atoms with Gasteiger partial charge in [0.25, 0.3) is 5.91 Å². The highest BCUT2D eigenvalue weighted by molar-refractivity contribution is 6.66. The molecule has 0 radical (unpaired) electrons. The highest BCUT2D eigenvalue weighted by atomic mass is 35.6. The maximum atomic E-state index is 13.4. The van der Waals surface area contributed by atoms with Gasteiger partial charge in [-0.05, 0) is 36.2 Å². The van der Waals surface area contributed by atoms with Crippen LogP contribution in [0, 0.1) is 0 Å². The molecule has 0 bridgehead atoms. The number of halogens is 3. The maximum absolute atomic E-state index is 13.4. The van der Waals surface area contributed by atoms with Gasteiger partial charge in [-0.1, -0.05) is 83.3 Å². The first-order valence-corrected chi connectivity index (χ1v) is 11.4. The summed E-state index contributed by atoms with van der Waals surface area (Å²) in [6.07, 6.45) is 0. The van der Waals surface area contributed by atoms with Crippen molar-refractivity contribution in [3.8, 4) is 11.1 Å². The standard InChI is InChI=1S/C24H17Cl3N6O/c1-13-18(22(34)33(32-13)15-10-6-3-7-11-15)17-12-16(14-8-4-2-5-9-14)19-20(28)30-23(24(25,26)27)31-21(19)29-17/h2-12,18H,1H3,(H2,28,29,30,31). The zero-order valence-electron chi connectivity index (χ0n) is 17.8. The van der Waals surface area contributed by atoms with E-state index in [9.17, 15) is 4.79 Å². The number of fused-ring (bicyclic) bond motifs is 1. The lowest BCUT2D eigenvalue weighted by atomic mass is 9.94. The van der Waals surface area contributed by atoms with Gasteiger partial charge in [0.1, 0.15) is 11.7 Å². The Balaban J connectivity index is 1.72. The number of carbonyl (C=O) groups is 1. The van der Waals surface area contributed by atoms with Crippen LogP contribution in [0.1, 0.15) is 24.4 Å². The van der Waals surface area contributed by atoms with E-state index in [0.29, 0.717) is 28.0 Å². The van der Waals surface area contributed by atoms with E-state index >= 15 is 0 Å². The number of benzene rings is 2. The molecule has 170 valence electrons. The van der Waals surface area contributed by atoms with Gasteiger partial charge in [-0.2, -0.15) is 10.1 Å². The number of aromatic nitrogens is 3. The van der Waals surface area contributed by atoms with E-state index in [-0.39, 0.29) is 23.2 Å². The topological polar surface area (TPSA) is 97.4 Å². The van der Waals surface area contributed by atoms with Gasteiger partial charge < -0.3 is 5.73 Å². The number of pyridine rings is 1. The SMILES string of the molecule is CC1=NN(c2ccccc2)C(=O)C1c1cc(-c2ccccc2)c2c(N)nc(C(Cl)(Cl)Cl)nc2n1. The number of carbonyl (C=O) groups excluding carboxylic acids is 1. The Morgan fingerprint density at radius 2 is 1.59 bits per heavy atom. The summed E-state index contributed by atoms with van der Waals surface area (Å²) < 4.78 is -1.89. The fraction of sp³-hybridized carbons (Fsp3) is 0.125. The van der Waals surface area contributed by atoms with Crippen molar-refractivity contribution in [3.05, 3.63) is 78.2 Å². The number of alkyl halides is 3. The number of hydrogen-bond donors (Lipinski definition) is 1. The molecular weight excluding hydrogens is 495 g/mol. The lowest BCUT2D eigenvalue weighted by Gasteiger charge is -2.17. The number of amides is 1. The molecule has 1 amide bonds. The van der Waals surface area contributed by atoms with Crippen LogP contribution in [0.2, 0.25) is 0 Å². The number of nitrogens with zero attached hydrogens (tertiary/aromatic N) is 5. The largest absolute Gasteiger partial charge is 0.383 e. The summed E-state index contributed by atoms with van der Waals surface area (Å²) in [4.78, 5) is 26.7. The normalized spacial score (nSPS) is 16.2. The monoisotopic (exact) mass is 510 g/mol. The van der Waals surface area contributed by atoms with Gasteiger partial charge in [0.2, 0.25) is 3.79 Å². The summed E-state index contributed by atoms with van der Waals surface area (Å²) in [6.45, 7) is 1.79. The van der Waals surface area contributed by atoms with Crippen molar-refractivity contribution in [2.24, 2.45) is 5.10 Å². The van der Waals surface area contributed by atoms with Crippen LogP contribution in [0.4, 0.5) is 11.5 Å². The molecular formula is C24H17Cl3N6O. The van der Waals surface area contributed by atoms with Gasteiger partial charge in [0.05, 0.1) is 22.5 Å². The molecule has 2 aromatic carbocycles. The summed E-state index contributed by atoms with van der Waals surface area (Å²) in [5.74, 6) is -0.906. The van der Waals surface area contributed by atoms with E-state index < -0.39 is 9.71 Å². The summed E-state index contributed by atoms with van der Waals surface area (Å²) >= 11 is 18.1. The molecule has 10 heteroatoms. The molecule has 0 saturated carbocycles. The molecule has 3 heterocycles. The zero-order chi connectivity index (χ0) is 24.0. The van der Waals surface area contributed by atoms with E-state index in [1.165, 1.54) is 5.01 Å². The van der Waals surface area contributed by atoms with Gasteiger partial charge in [-0.3, -0.25) is 4.79 Å². The molecule has 0 spiro atoms. The Morgan fingerprint density at radius 3 is 2.24 bits per heavy atom. The molecule has 1 aliphatic heterocycles. The van der Waals surface area contributed by atoms with Crippen molar-refractivity contribution in [3.63, 3.8) is 0 Å². The Bertz CT molecular complexity index is 1440. The van der Waals surface area contributed by atoms with Gasteiger partial charge in [0.15, 0.2) is 11.5 Å². The molecule has 34 heavy (non-hydrogen) atoms. The van der Waals surface area contributed by atoms with Crippen molar-refractivity contribution in [2.75, 3.05) is 10.7 Å². The molecule has 0 saturated heterocycles. The van der Waals surface area contributed by atoms with Crippen molar-refractivity contribution in [2.45, 2.75) is 16.6 Å². The van der Waals surface area contributed by atoms with E-state index in [1.807, 2.05) is 66.7 Å². The molecule has 0 aliphatic carbocycles. The van der Waals surface area contributed by atoms with Crippen LogP contribution in [0.15, 0.2) is 71.8 Å². The van der Waals surface area contributed by atoms with Crippen LogP contribution >= 0.6 is 34.8 Å². The second-order valence-corrected chi connectivity index (χ2v) is 10.0. The molecule has 4 aromatic rings. The van der Waals surface area contributed by atoms with Gasteiger partial charge in [0, 0.05) is 0 Å². The minimum Gasteiger partial charge on any atom is -0.383 e.